The van der Waals surface area contributed by atoms with E-state index in [-0.39, 0.29) is 24.0 Å². The monoisotopic (exact) mass is 509 g/mol. The lowest BCUT2D eigenvalue weighted by Gasteiger charge is -2.13. The van der Waals surface area contributed by atoms with Gasteiger partial charge in [0, 0.05) is 19.8 Å². The number of likely N-dealkylation sites (tertiary alicyclic amines) is 1. The number of hydrogen-bond donors (Lipinski definition) is 0. The van der Waals surface area contributed by atoms with Crippen molar-refractivity contribution in [2.24, 2.45) is 0 Å². The van der Waals surface area contributed by atoms with Crippen LogP contribution in [0.1, 0.15) is 129 Å². The van der Waals surface area contributed by atoms with Crippen molar-refractivity contribution in [2.75, 3.05) is 32.8 Å². The van der Waals surface area contributed by atoms with Gasteiger partial charge in [0.25, 0.3) is 0 Å². The van der Waals surface area contributed by atoms with Gasteiger partial charge in [0.15, 0.2) is 0 Å². The molecular formula is C25H52INO. The van der Waals surface area contributed by atoms with Crippen LogP contribution in [0.25, 0.3) is 0 Å². The summed E-state index contributed by atoms with van der Waals surface area (Å²) >= 11 is 0. The predicted octanol–water partition coefficient (Wildman–Crippen LogP) is 8.37. The fourth-order valence-corrected chi connectivity index (χ4v) is 4.25. The first kappa shape index (κ1) is 28.6. The summed E-state index contributed by atoms with van der Waals surface area (Å²) in [4.78, 5) is 2.58. The van der Waals surface area contributed by atoms with Crippen molar-refractivity contribution in [3.05, 3.63) is 0 Å². The van der Waals surface area contributed by atoms with Gasteiger partial charge in [-0.15, -0.1) is 24.0 Å². The number of hydrogen-bond acceptors (Lipinski definition) is 2. The second kappa shape index (κ2) is 23.9. The normalized spacial score (nSPS) is 14.5. The third-order valence-corrected chi connectivity index (χ3v) is 6.10. The molecule has 1 heterocycles. The third kappa shape index (κ3) is 19.9. The molecule has 0 aromatic heterocycles. The van der Waals surface area contributed by atoms with Gasteiger partial charge in [0.05, 0.1) is 0 Å². The quantitative estimate of drug-likeness (QED) is 0.114. The van der Waals surface area contributed by atoms with E-state index < -0.39 is 0 Å². The molecule has 0 atom stereocenters. The summed E-state index contributed by atoms with van der Waals surface area (Å²) in [6.07, 6.45) is 27.0. The molecule has 0 radical (unpaired) electrons. The highest BCUT2D eigenvalue weighted by Gasteiger charge is 2.09. The highest BCUT2D eigenvalue weighted by atomic mass is 127. The van der Waals surface area contributed by atoms with E-state index in [0.29, 0.717) is 0 Å². The summed E-state index contributed by atoms with van der Waals surface area (Å²) < 4.78 is 5.79. The molecule has 170 valence electrons. The van der Waals surface area contributed by atoms with Crippen LogP contribution in [-0.4, -0.2) is 37.7 Å². The van der Waals surface area contributed by atoms with E-state index in [4.69, 9.17) is 4.74 Å². The maximum Gasteiger partial charge on any atom is 0.0478 e. The van der Waals surface area contributed by atoms with E-state index in [1.165, 1.54) is 142 Å². The standard InChI is InChI=1S/C25H51NO.HI/c1-2-3-4-5-6-7-8-9-10-11-12-13-14-15-16-19-24-27-25-20-23-26-21-17-18-22-26;/h2-25H2,1H3;1H. The number of rotatable bonds is 21. The Labute approximate surface area is 195 Å². The SMILES string of the molecule is CCCCCCCCCCCCCCCCCCOCCCN1CCCC1.I. The first-order valence-corrected chi connectivity index (χ1v) is 12.7. The highest BCUT2D eigenvalue weighted by Crippen LogP contribution is 2.13. The van der Waals surface area contributed by atoms with Gasteiger partial charge in [-0.25, -0.2) is 0 Å². The Morgan fingerprint density at radius 3 is 1.39 bits per heavy atom. The first-order valence-electron chi connectivity index (χ1n) is 12.7. The minimum absolute atomic E-state index is 0. The van der Waals surface area contributed by atoms with Gasteiger partial charge in [-0.3, -0.25) is 0 Å². The molecule has 1 rings (SSSR count). The summed E-state index contributed by atoms with van der Waals surface area (Å²) in [6.45, 7) is 8.14. The zero-order valence-electron chi connectivity index (χ0n) is 19.2. The molecule has 0 aromatic carbocycles. The summed E-state index contributed by atoms with van der Waals surface area (Å²) in [6, 6.07) is 0. The largest absolute Gasteiger partial charge is 0.381 e. The number of ether oxygens (including phenoxy) is 1. The topological polar surface area (TPSA) is 12.5 Å². The van der Waals surface area contributed by atoms with Gasteiger partial charge in [0.1, 0.15) is 0 Å². The molecule has 0 N–H and O–H groups in total. The van der Waals surface area contributed by atoms with E-state index in [1.807, 2.05) is 0 Å². The van der Waals surface area contributed by atoms with Crippen molar-refractivity contribution >= 4 is 24.0 Å². The van der Waals surface area contributed by atoms with Gasteiger partial charge >= 0.3 is 0 Å². The zero-order chi connectivity index (χ0) is 19.3. The average Bonchev–Trinajstić information content (AvgIpc) is 3.20. The van der Waals surface area contributed by atoms with Crippen molar-refractivity contribution in [2.45, 2.75) is 129 Å². The summed E-state index contributed by atoms with van der Waals surface area (Å²) in [5, 5.41) is 0. The molecule has 1 aliphatic heterocycles. The molecule has 0 aromatic rings. The molecule has 1 fully saturated rings. The van der Waals surface area contributed by atoms with Crippen LogP contribution in [0.15, 0.2) is 0 Å². The van der Waals surface area contributed by atoms with Crippen LogP contribution in [0, 0.1) is 0 Å². The van der Waals surface area contributed by atoms with E-state index in [9.17, 15) is 0 Å². The second-order valence-corrected chi connectivity index (χ2v) is 8.82. The molecule has 0 unspecified atom stereocenters. The fraction of sp³-hybridized carbons (Fsp3) is 1.00. The van der Waals surface area contributed by atoms with Gasteiger partial charge < -0.3 is 9.64 Å². The Bertz CT molecular complexity index is 282. The Morgan fingerprint density at radius 1 is 0.536 bits per heavy atom. The van der Waals surface area contributed by atoms with Gasteiger partial charge in [-0.2, -0.15) is 0 Å². The van der Waals surface area contributed by atoms with Crippen LogP contribution in [0.2, 0.25) is 0 Å². The van der Waals surface area contributed by atoms with Crippen LogP contribution in [0.3, 0.4) is 0 Å². The maximum atomic E-state index is 5.79. The molecule has 0 amide bonds. The minimum Gasteiger partial charge on any atom is -0.381 e. The Hall–Kier alpha value is 0.650. The van der Waals surface area contributed by atoms with Gasteiger partial charge in [-0.05, 0) is 38.8 Å². The van der Waals surface area contributed by atoms with Gasteiger partial charge in [-0.1, -0.05) is 103 Å². The molecule has 3 heteroatoms. The second-order valence-electron chi connectivity index (χ2n) is 8.82. The van der Waals surface area contributed by atoms with E-state index >= 15 is 0 Å². The van der Waals surface area contributed by atoms with Crippen molar-refractivity contribution < 1.29 is 4.74 Å². The van der Waals surface area contributed by atoms with Crippen LogP contribution in [0.5, 0.6) is 0 Å². The number of nitrogens with zero attached hydrogens (tertiary/aromatic N) is 1. The Kier molecular flexibility index (Phi) is 24.5. The smallest absolute Gasteiger partial charge is 0.0478 e. The molecule has 2 nitrogen and oxygen atoms in total. The van der Waals surface area contributed by atoms with Crippen molar-refractivity contribution in [3.8, 4) is 0 Å². The first-order chi connectivity index (χ1) is 13.4. The maximum absolute atomic E-state index is 5.79. The van der Waals surface area contributed by atoms with E-state index in [0.717, 1.165) is 13.2 Å². The van der Waals surface area contributed by atoms with Crippen molar-refractivity contribution in [3.63, 3.8) is 0 Å². The summed E-state index contributed by atoms with van der Waals surface area (Å²) in [5.41, 5.74) is 0. The zero-order valence-corrected chi connectivity index (χ0v) is 21.6. The van der Waals surface area contributed by atoms with Crippen molar-refractivity contribution in [1.29, 1.82) is 0 Å². The van der Waals surface area contributed by atoms with Crippen molar-refractivity contribution in [1.82, 2.24) is 4.90 Å². The highest BCUT2D eigenvalue weighted by molar-refractivity contribution is 14.0. The third-order valence-electron chi connectivity index (χ3n) is 6.10. The lowest BCUT2D eigenvalue weighted by atomic mass is 10.0. The van der Waals surface area contributed by atoms with E-state index in [1.54, 1.807) is 0 Å². The molecule has 0 bridgehead atoms. The molecular weight excluding hydrogens is 457 g/mol. The fourth-order valence-electron chi connectivity index (χ4n) is 4.25. The molecule has 0 saturated carbocycles. The molecule has 28 heavy (non-hydrogen) atoms. The van der Waals surface area contributed by atoms with Gasteiger partial charge in [0.2, 0.25) is 0 Å². The molecule has 1 aliphatic rings. The van der Waals surface area contributed by atoms with Crippen LogP contribution < -0.4 is 0 Å². The predicted molar refractivity (Wildman–Crippen MR) is 136 cm³/mol. The Balaban J connectivity index is 0.00000729. The van der Waals surface area contributed by atoms with Crippen LogP contribution in [0.4, 0.5) is 0 Å². The van der Waals surface area contributed by atoms with Crippen LogP contribution >= 0.6 is 24.0 Å². The summed E-state index contributed by atoms with van der Waals surface area (Å²) in [5.74, 6) is 0. The number of unbranched alkanes of at least 4 members (excludes halogenated alkanes) is 15. The lowest BCUT2D eigenvalue weighted by molar-refractivity contribution is 0.119. The molecule has 0 spiro atoms. The Morgan fingerprint density at radius 2 is 0.929 bits per heavy atom. The van der Waals surface area contributed by atoms with E-state index in [2.05, 4.69) is 11.8 Å². The molecule has 0 aliphatic carbocycles. The number of halogens is 1. The summed E-state index contributed by atoms with van der Waals surface area (Å²) in [7, 11) is 0. The average molecular weight is 510 g/mol. The van der Waals surface area contributed by atoms with Crippen LogP contribution in [-0.2, 0) is 4.74 Å². The molecule has 1 saturated heterocycles. The lowest BCUT2D eigenvalue weighted by Crippen LogP contribution is -2.21. The minimum atomic E-state index is 0.